The van der Waals surface area contributed by atoms with Gasteiger partial charge in [0.05, 0.1) is 23.7 Å². The maximum absolute atomic E-state index is 12.8. The zero-order chi connectivity index (χ0) is 19.9. The Labute approximate surface area is 173 Å². The molecule has 142 valence electrons. The van der Waals surface area contributed by atoms with E-state index in [1.54, 1.807) is 24.3 Å². The van der Waals surface area contributed by atoms with Crippen LogP contribution in [-0.2, 0) is 11.2 Å². The van der Waals surface area contributed by atoms with Crippen molar-refractivity contribution in [3.05, 3.63) is 100 Å². The molecule has 0 bridgehead atoms. The van der Waals surface area contributed by atoms with Gasteiger partial charge in [-0.15, -0.1) is 0 Å². The number of hydrogen-bond acceptors (Lipinski definition) is 2. The van der Waals surface area contributed by atoms with E-state index in [1.165, 1.54) is 0 Å². The minimum absolute atomic E-state index is 0.140. The third-order valence-electron chi connectivity index (χ3n) is 4.35. The van der Waals surface area contributed by atoms with E-state index in [2.05, 4.69) is 26.6 Å². The molecule has 0 aliphatic carbocycles. The third-order valence-corrected chi connectivity index (χ3v) is 4.84. The summed E-state index contributed by atoms with van der Waals surface area (Å²) in [7, 11) is 0. The summed E-state index contributed by atoms with van der Waals surface area (Å²) in [6, 6.07) is 24.2. The van der Waals surface area contributed by atoms with Crippen LogP contribution >= 0.6 is 15.9 Å². The number of anilines is 1. The van der Waals surface area contributed by atoms with Crippen molar-refractivity contribution < 1.29 is 9.59 Å². The van der Waals surface area contributed by atoms with Crippen molar-refractivity contribution in [1.82, 2.24) is 5.32 Å². The summed E-state index contributed by atoms with van der Waals surface area (Å²) in [6.45, 7) is 1.93. The number of nitrogens with one attached hydrogen (secondary N) is 2. The number of hydrogen-bond donors (Lipinski definition) is 2. The van der Waals surface area contributed by atoms with Crippen LogP contribution in [0.15, 0.2) is 83.3 Å². The van der Waals surface area contributed by atoms with E-state index in [9.17, 15) is 9.59 Å². The SMILES string of the molecule is C[C@@H](NC(=O)c1ccccc1NC(=O)Cc1cccc(Br)c1)c1ccccc1. The van der Waals surface area contributed by atoms with Crippen molar-refractivity contribution in [2.75, 3.05) is 5.32 Å². The van der Waals surface area contributed by atoms with Gasteiger partial charge in [-0.1, -0.05) is 70.5 Å². The highest BCUT2D eigenvalue weighted by Gasteiger charge is 2.16. The average Bonchev–Trinajstić information content (AvgIpc) is 2.69. The van der Waals surface area contributed by atoms with Gasteiger partial charge >= 0.3 is 0 Å². The van der Waals surface area contributed by atoms with Crippen molar-refractivity contribution in [1.29, 1.82) is 0 Å². The van der Waals surface area contributed by atoms with Crippen LogP contribution in [0, 0.1) is 0 Å². The molecule has 1 atom stereocenters. The smallest absolute Gasteiger partial charge is 0.253 e. The molecule has 5 heteroatoms. The summed E-state index contributed by atoms with van der Waals surface area (Å²) >= 11 is 3.41. The Hall–Kier alpha value is -2.92. The molecule has 0 aliphatic heterocycles. The molecule has 2 amide bonds. The van der Waals surface area contributed by atoms with Gasteiger partial charge in [0.2, 0.25) is 5.91 Å². The predicted octanol–water partition coefficient (Wildman–Crippen LogP) is 5.12. The normalized spacial score (nSPS) is 11.5. The molecule has 0 spiro atoms. The number of rotatable bonds is 6. The second-order valence-electron chi connectivity index (χ2n) is 6.51. The summed E-state index contributed by atoms with van der Waals surface area (Å²) in [4.78, 5) is 25.2. The van der Waals surface area contributed by atoms with E-state index in [-0.39, 0.29) is 24.3 Å². The quantitative estimate of drug-likeness (QED) is 0.563. The van der Waals surface area contributed by atoms with E-state index in [4.69, 9.17) is 0 Å². The van der Waals surface area contributed by atoms with Crippen molar-refractivity contribution >= 4 is 33.4 Å². The zero-order valence-electron chi connectivity index (χ0n) is 15.5. The molecule has 0 aliphatic rings. The monoisotopic (exact) mass is 436 g/mol. The fourth-order valence-corrected chi connectivity index (χ4v) is 3.36. The van der Waals surface area contributed by atoms with Gasteiger partial charge in [-0.2, -0.15) is 0 Å². The molecule has 0 saturated heterocycles. The Morgan fingerprint density at radius 3 is 2.39 bits per heavy atom. The van der Waals surface area contributed by atoms with Gasteiger partial charge in [-0.05, 0) is 42.3 Å². The van der Waals surface area contributed by atoms with Gasteiger partial charge in [0.25, 0.3) is 5.91 Å². The van der Waals surface area contributed by atoms with Gasteiger partial charge in [0, 0.05) is 4.47 Å². The molecule has 3 aromatic rings. The molecule has 4 nitrogen and oxygen atoms in total. The van der Waals surface area contributed by atoms with Crippen LogP contribution in [0.25, 0.3) is 0 Å². The van der Waals surface area contributed by atoms with Crippen molar-refractivity contribution in [2.45, 2.75) is 19.4 Å². The lowest BCUT2D eigenvalue weighted by Crippen LogP contribution is -2.28. The van der Waals surface area contributed by atoms with Crippen molar-refractivity contribution in [3.8, 4) is 0 Å². The first-order chi connectivity index (χ1) is 13.5. The number of carbonyl (C=O) groups is 2. The molecule has 0 aromatic heterocycles. The van der Waals surface area contributed by atoms with Crippen LogP contribution in [0.2, 0.25) is 0 Å². The average molecular weight is 437 g/mol. The first-order valence-corrected chi connectivity index (χ1v) is 9.81. The van der Waals surface area contributed by atoms with E-state index >= 15 is 0 Å². The molecule has 0 radical (unpaired) electrons. The Bertz CT molecular complexity index is 973. The minimum atomic E-state index is -0.227. The van der Waals surface area contributed by atoms with E-state index < -0.39 is 0 Å². The summed E-state index contributed by atoms with van der Waals surface area (Å²) < 4.78 is 0.924. The molecule has 0 saturated carbocycles. The largest absolute Gasteiger partial charge is 0.345 e. The van der Waals surface area contributed by atoms with Gasteiger partial charge < -0.3 is 10.6 Å². The standard InChI is InChI=1S/C23H21BrN2O2/c1-16(18-9-3-2-4-10-18)25-23(28)20-12-5-6-13-21(20)26-22(27)15-17-8-7-11-19(24)14-17/h2-14,16H,15H2,1H3,(H,25,28)(H,26,27)/t16-/m1/s1. The van der Waals surface area contributed by atoms with E-state index in [0.29, 0.717) is 11.3 Å². The first-order valence-electron chi connectivity index (χ1n) is 9.02. The fraction of sp³-hybridized carbons (Fsp3) is 0.130. The van der Waals surface area contributed by atoms with E-state index in [0.717, 1.165) is 15.6 Å². The lowest BCUT2D eigenvalue weighted by Gasteiger charge is -2.16. The molecular formula is C23H21BrN2O2. The maximum atomic E-state index is 12.8. The summed E-state index contributed by atoms with van der Waals surface area (Å²) in [6.07, 6.45) is 0.232. The molecular weight excluding hydrogens is 416 g/mol. The predicted molar refractivity (Wildman–Crippen MR) is 115 cm³/mol. The summed E-state index contributed by atoms with van der Waals surface area (Å²) in [5.41, 5.74) is 2.85. The molecule has 3 rings (SSSR count). The van der Waals surface area contributed by atoms with Crippen molar-refractivity contribution in [3.63, 3.8) is 0 Å². The highest BCUT2D eigenvalue weighted by atomic mass is 79.9. The highest BCUT2D eigenvalue weighted by molar-refractivity contribution is 9.10. The van der Waals surface area contributed by atoms with Gasteiger partial charge in [-0.3, -0.25) is 9.59 Å². The summed E-state index contributed by atoms with van der Waals surface area (Å²) in [5, 5.41) is 5.84. The fourth-order valence-electron chi connectivity index (χ4n) is 2.92. The van der Waals surface area contributed by atoms with Gasteiger partial charge in [0.1, 0.15) is 0 Å². The Kier molecular flexibility index (Phi) is 6.61. The molecule has 3 aromatic carbocycles. The van der Waals surface area contributed by atoms with Gasteiger partial charge in [-0.25, -0.2) is 0 Å². The Balaban J connectivity index is 1.70. The maximum Gasteiger partial charge on any atom is 0.253 e. The molecule has 28 heavy (non-hydrogen) atoms. The zero-order valence-corrected chi connectivity index (χ0v) is 17.1. The number of benzene rings is 3. The van der Waals surface area contributed by atoms with Crippen LogP contribution in [-0.4, -0.2) is 11.8 Å². The molecule has 0 fully saturated rings. The summed E-state index contributed by atoms with van der Waals surface area (Å²) in [5.74, 6) is -0.399. The van der Waals surface area contributed by atoms with Crippen LogP contribution in [0.4, 0.5) is 5.69 Å². The topological polar surface area (TPSA) is 58.2 Å². The Morgan fingerprint density at radius 1 is 0.929 bits per heavy atom. The lowest BCUT2D eigenvalue weighted by molar-refractivity contribution is -0.115. The number of para-hydroxylation sites is 1. The van der Waals surface area contributed by atoms with E-state index in [1.807, 2.05) is 61.5 Å². The number of carbonyl (C=O) groups excluding carboxylic acids is 2. The van der Waals surface area contributed by atoms with Crippen molar-refractivity contribution in [2.24, 2.45) is 0 Å². The highest BCUT2D eigenvalue weighted by Crippen LogP contribution is 2.19. The molecule has 2 N–H and O–H groups in total. The van der Waals surface area contributed by atoms with Crippen LogP contribution in [0.3, 0.4) is 0 Å². The molecule has 0 unspecified atom stereocenters. The third kappa shape index (κ3) is 5.30. The minimum Gasteiger partial charge on any atom is -0.345 e. The second kappa shape index (κ2) is 9.33. The van der Waals surface area contributed by atoms with Crippen LogP contribution in [0.5, 0.6) is 0 Å². The second-order valence-corrected chi connectivity index (χ2v) is 7.42. The van der Waals surface area contributed by atoms with Crippen LogP contribution in [0.1, 0.15) is 34.5 Å². The molecule has 0 heterocycles. The van der Waals surface area contributed by atoms with Crippen LogP contribution < -0.4 is 10.6 Å². The number of halogens is 1. The lowest BCUT2D eigenvalue weighted by atomic mass is 10.1. The Morgan fingerprint density at radius 2 is 1.64 bits per heavy atom. The van der Waals surface area contributed by atoms with Gasteiger partial charge in [0.15, 0.2) is 0 Å². The first kappa shape index (κ1) is 19.8. The number of amides is 2.